The van der Waals surface area contributed by atoms with Gasteiger partial charge in [-0.25, -0.2) is 0 Å². The average Bonchev–Trinajstić information content (AvgIpc) is 3.15. The van der Waals surface area contributed by atoms with Crippen LogP contribution in [0.2, 0.25) is 0 Å². The fourth-order valence-electron chi connectivity index (χ4n) is 2.82. The van der Waals surface area contributed by atoms with Gasteiger partial charge in [0.2, 0.25) is 0 Å². The van der Waals surface area contributed by atoms with Gasteiger partial charge in [-0.05, 0) is 30.5 Å². The molecule has 2 N–H and O–H groups in total. The number of aromatic nitrogens is 1. The van der Waals surface area contributed by atoms with Gasteiger partial charge >= 0.3 is 0 Å². The third-order valence-electron chi connectivity index (χ3n) is 4.45. The molecule has 1 heterocycles. The maximum Gasteiger partial charge on any atom is 0.191 e. The predicted molar refractivity (Wildman–Crippen MR) is 126 cm³/mol. The van der Waals surface area contributed by atoms with Crippen LogP contribution in [0, 0.1) is 0 Å². The van der Waals surface area contributed by atoms with Crippen molar-refractivity contribution in [1.29, 1.82) is 0 Å². The van der Waals surface area contributed by atoms with E-state index in [0.29, 0.717) is 19.8 Å². The molecule has 0 aliphatic carbocycles. The van der Waals surface area contributed by atoms with Gasteiger partial charge in [0.15, 0.2) is 5.96 Å². The van der Waals surface area contributed by atoms with E-state index in [9.17, 15) is 0 Å². The van der Waals surface area contributed by atoms with Crippen LogP contribution in [0.3, 0.4) is 0 Å². The molecule has 8 heteroatoms. The van der Waals surface area contributed by atoms with Crippen molar-refractivity contribution < 1.29 is 14.0 Å². The lowest BCUT2D eigenvalue weighted by molar-refractivity contribution is 0.119. The van der Waals surface area contributed by atoms with Crippen molar-refractivity contribution in [3.63, 3.8) is 0 Å². The number of guanidine groups is 1. The standard InChI is InChI=1S/C21H32N4O3.HI/c1-5-19-18(20(6-2)28-25-19)14-24-21(22-3)23-12-7-13-27-15-16-8-10-17(26-4)11-9-16;/h8-11H,5-7,12-15H2,1-4H3,(H2,22,23,24);1H. The number of hydrogen-bond acceptors (Lipinski definition) is 5. The largest absolute Gasteiger partial charge is 0.497 e. The second-order valence-corrected chi connectivity index (χ2v) is 6.34. The van der Waals surface area contributed by atoms with Crippen molar-refractivity contribution in [3.8, 4) is 5.75 Å². The van der Waals surface area contributed by atoms with Gasteiger partial charge in [-0.2, -0.15) is 0 Å². The molecule has 0 atom stereocenters. The molecule has 1 aromatic heterocycles. The molecule has 0 aliphatic heterocycles. The molecule has 0 aliphatic rings. The summed E-state index contributed by atoms with van der Waals surface area (Å²) in [5.41, 5.74) is 3.28. The topological polar surface area (TPSA) is 80.9 Å². The first kappa shape index (κ1) is 25.2. The molecule has 2 rings (SSSR count). The first-order valence-corrected chi connectivity index (χ1v) is 9.83. The monoisotopic (exact) mass is 516 g/mol. The van der Waals surface area contributed by atoms with Gasteiger partial charge in [0.05, 0.1) is 19.4 Å². The Morgan fingerprint density at radius 2 is 1.90 bits per heavy atom. The summed E-state index contributed by atoms with van der Waals surface area (Å²) in [6, 6.07) is 7.92. The maximum atomic E-state index is 5.73. The van der Waals surface area contributed by atoms with Crippen molar-refractivity contribution >= 4 is 29.9 Å². The Bertz CT molecular complexity index is 711. The lowest BCUT2D eigenvalue weighted by atomic mass is 10.1. The van der Waals surface area contributed by atoms with E-state index in [-0.39, 0.29) is 24.0 Å². The van der Waals surface area contributed by atoms with Gasteiger partial charge in [-0.3, -0.25) is 4.99 Å². The summed E-state index contributed by atoms with van der Waals surface area (Å²) in [6.45, 7) is 6.88. The van der Waals surface area contributed by atoms with Gasteiger partial charge in [-0.1, -0.05) is 31.1 Å². The summed E-state index contributed by atoms with van der Waals surface area (Å²) in [7, 11) is 3.43. The molecule has 0 fully saturated rings. The Kier molecular flexibility index (Phi) is 12.4. The molecule has 0 spiro atoms. The second kappa shape index (κ2) is 14.2. The molecule has 0 unspecified atom stereocenters. The molecule has 0 amide bonds. The maximum absolute atomic E-state index is 5.73. The fourth-order valence-corrected chi connectivity index (χ4v) is 2.82. The van der Waals surface area contributed by atoms with Crippen LogP contribution < -0.4 is 15.4 Å². The number of hydrogen-bond donors (Lipinski definition) is 2. The van der Waals surface area contributed by atoms with Crippen LogP contribution in [0.5, 0.6) is 5.75 Å². The molecule has 0 saturated carbocycles. The van der Waals surface area contributed by atoms with Crippen LogP contribution in [-0.2, 0) is 30.7 Å². The molecule has 162 valence electrons. The molecular formula is C21H33IN4O3. The molecule has 1 aromatic carbocycles. The number of aryl methyl sites for hydroxylation is 2. The van der Waals surface area contributed by atoms with Gasteiger partial charge in [-0.15, -0.1) is 24.0 Å². The van der Waals surface area contributed by atoms with Crippen molar-refractivity contribution in [2.45, 2.75) is 46.3 Å². The highest BCUT2D eigenvalue weighted by Gasteiger charge is 2.13. The average molecular weight is 516 g/mol. The number of benzene rings is 1. The van der Waals surface area contributed by atoms with Crippen LogP contribution in [0.25, 0.3) is 0 Å². The first-order chi connectivity index (χ1) is 13.7. The van der Waals surface area contributed by atoms with Crippen LogP contribution >= 0.6 is 24.0 Å². The van der Waals surface area contributed by atoms with E-state index < -0.39 is 0 Å². The summed E-state index contributed by atoms with van der Waals surface area (Å²) in [4.78, 5) is 4.27. The Balaban J connectivity index is 0.00000420. The van der Waals surface area contributed by atoms with Crippen LogP contribution in [0.15, 0.2) is 33.8 Å². The summed E-state index contributed by atoms with van der Waals surface area (Å²) in [5.74, 6) is 2.56. The van der Waals surface area contributed by atoms with Crippen molar-refractivity contribution in [3.05, 3.63) is 46.8 Å². The molecule has 2 aromatic rings. The lowest BCUT2D eigenvalue weighted by Gasteiger charge is -2.12. The third-order valence-corrected chi connectivity index (χ3v) is 4.45. The number of halogens is 1. The normalized spacial score (nSPS) is 11.1. The smallest absolute Gasteiger partial charge is 0.191 e. The first-order valence-electron chi connectivity index (χ1n) is 9.83. The van der Waals surface area contributed by atoms with E-state index >= 15 is 0 Å². The van der Waals surface area contributed by atoms with Gasteiger partial charge < -0.3 is 24.6 Å². The highest BCUT2D eigenvalue weighted by molar-refractivity contribution is 14.0. The molecule has 0 bridgehead atoms. The third kappa shape index (κ3) is 8.22. The molecular weight excluding hydrogens is 483 g/mol. The zero-order chi connectivity index (χ0) is 20.2. The highest BCUT2D eigenvalue weighted by Crippen LogP contribution is 2.15. The number of nitrogens with one attached hydrogen (secondary N) is 2. The van der Waals surface area contributed by atoms with Crippen LogP contribution in [0.4, 0.5) is 0 Å². The van der Waals surface area contributed by atoms with Crippen molar-refractivity contribution in [1.82, 2.24) is 15.8 Å². The molecule has 0 radical (unpaired) electrons. The zero-order valence-corrected chi connectivity index (χ0v) is 20.1. The number of ether oxygens (including phenoxy) is 2. The van der Waals surface area contributed by atoms with Crippen molar-refractivity contribution in [2.24, 2.45) is 4.99 Å². The van der Waals surface area contributed by atoms with Crippen molar-refractivity contribution in [2.75, 3.05) is 27.3 Å². The number of aliphatic imine (C=N–C) groups is 1. The fraction of sp³-hybridized carbons (Fsp3) is 0.524. The Hall–Kier alpha value is -1.81. The summed E-state index contributed by atoms with van der Waals surface area (Å²) >= 11 is 0. The quantitative estimate of drug-likeness (QED) is 0.205. The van der Waals surface area contributed by atoms with Gasteiger partial charge in [0.1, 0.15) is 11.5 Å². The van der Waals surface area contributed by atoms with E-state index in [0.717, 1.165) is 60.1 Å². The van der Waals surface area contributed by atoms with Crippen LogP contribution in [0.1, 0.15) is 42.8 Å². The van der Waals surface area contributed by atoms with Crippen LogP contribution in [-0.4, -0.2) is 38.4 Å². The predicted octanol–water partition coefficient (Wildman–Crippen LogP) is 3.70. The second-order valence-electron chi connectivity index (χ2n) is 6.34. The number of nitrogens with zero attached hydrogens (tertiary/aromatic N) is 2. The summed E-state index contributed by atoms with van der Waals surface area (Å²) in [5, 5.41) is 10.8. The van der Waals surface area contributed by atoms with E-state index in [1.165, 1.54) is 0 Å². The molecule has 0 saturated heterocycles. The SMILES string of the molecule is CCc1noc(CC)c1CNC(=NC)NCCCOCc1ccc(OC)cc1.I. The van der Waals surface area contributed by atoms with E-state index in [1.54, 1.807) is 14.2 Å². The minimum atomic E-state index is 0. The van der Waals surface area contributed by atoms with Gasteiger partial charge in [0, 0.05) is 38.7 Å². The van der Waals surface area contributed by atoms with E-state index in [4.69, 9.17) is 14.0 Å². The minimum Gasteiger partial charge on any atom is -0.497 e. The Morgan fingerprint density at radius 3 is 2.52 bits per heavy atom. The molecule has 7 nitrogen and oxygen atoms in total. The molecule has 29 heavy (non-hydrogen) atoms. The minimum absolute atomic E-state index is 0. The Labute approximate surface area is 190 Å². The summed E-state index contributed by atoms with van der Waals surface area (Å²) < 4.78 is 16.3. The number of rotatable bonds is 11. The lowest BCUT2D eigenvalue weighted by Crippen LogP contribution is -2.37. The zero-order valence-electron chi connectivity index (χ0n) is 17.8. The van der Waals surface area contributed by atoms with Gasteiger partial charge in [0.25, 0.3) is 0 Å². The van der Waals surface area contributed by atoms with E-state index in [2.05, 4.69) is 34.6 Å². The highest BCUT2D eigenvalue weighted by atomic mass is 127. The Morgan fingerprint density at radius 1 is 1.14 bits per heavy atom. The number of methoxy groups -OCH3 is 1. The van der Waals surface area contributed by atoms with E-state index in [1.807, 2.05) is 24.3 Å². The summed E-state index contributed by atoms with van der Waals surface area (Å²) in [6.07, 6.45) is 2.59.